The minimum absolute atomic E-state index is 0.892. The first-order valence-corrected chi connectivity index (χ1v) is 10.6. The summed E-state index contributed by atoms with van der Waals surface area (Å²) in [5.74, 6) is 3.97. The summed E-state index contributed by atoms with van der Waals surface area (Å²) in [5, 5.41) is 0. The molecule has 0 spiro atoms. The van der Waals surface area contributed by atoms with E-state index >= 15 is 0 Å². The molecule has 0 N–H and O–H groups in total. The predicted molar refractivity (Wildman–Crippen MR) is 104 cm³/mol. The Kier molecular flexibility index (Phi) is 9.09. The third-order valence-corrected chi connectivity index (χ3v) is 6.56. The Balaban J connectivity index is 1.53. The minimum atomic E-state index is 0.892. The van der Waals surface area contributed by atoms with Crippen LogP contribution in [-0.4, -0.2) is 0 Å². The summed E-state index contributed by atoms with van der Waals surface area (Å²) in [6.45, 7) is 4.50. The molecule has 2 aliphatic carbocycles. The third-order valence-electron chi connectivity index (χ3n) is 6.56. The molecule has 0 heteroatoms. The lowest BCUT2D eigenvalue weighted by atomic mass is 9.78. The molecule has 0 nitrogen and oxygen atoms in total. The maximum Gasteiger partial charge on any atom is -0.0233 e. The second-order valence-electron chi connectivity index (χ2n) is 8.23. The summed E-state index contributed by atoms with van der Waals surface area (Å²) >= 11 is 0. The van der Waals surface area contributed by atoms with Crippen molar-refractivity contribution >= 4 is 0 Å². The SMILES string of the molecule is CC=CCC[C@H]1CC[C@H](C=CCC[C@H]2CC[C@H](CC)CC2)CC1. The van der Waals surface area contributed by atoms with Crippen LogP contribution in [0.15, 0.2) is 24.3 Å². The van der Waals surface area contributed by atoms with E-state index in [0.717, 1.165) is 23.7 Å². The Morgan fingerprint density at radius 2 is 1.22 bits per heavy atom. The Morgan fingerprint density at radius 1 is 0.696 bits per heavy atom. The second kappa shape index (κ2) is 11.1. The van der Waals surface area contributed by atoms with Gasteiger partial charge in [0.25, 0.3) is 0 Å². The van der Waals surface area contributed by atoms with E-state index in [1.165, 1.54) is 83.5 Å². The average molecular weight is 317 g/mol. The van der Waals surface area contributed by atoms with Gasteiger partial charge in [-0.1, -0.05) is 63.3 Å². The highest BCUT2D eigenvalue weighted by Gasteiger charge is 2.20. The molecule has 0 atom stereocenters. The minimum Gasteiger partial charge on any atom is -0.0917 e. The molecular formula is C23H40. The van der Waals surface area contributed by atoms with E-state index in [-0.39, 0.29) is 0 Å². The molecule has 0 aliphatic heterocycles. The van der Waals surface area contributed by atoms with Gasteiger partial charge < -0.3 is 0 Å². The summed E-state index contributed by atoms with van der Waals surface area (Å²) in [4.78, 5) is 0. The number of hydrogen-bond donors (Lipinski definition) is 0. The van der Waals surface area contributed by atoms with Crippen LogP contribution in [0.5, 0.6) is 0 Å². The van der Waals surface area contributed by atoms with Crippen LogP contribution in [0, 0.1) is 23.7 Å². The van der Waals surface area contributed by atoms with Crippen molar-refractivity contribution in [1.82, 2.24) is 0 Å². The molecule has 0 bridgehead atoms. The van der Waals surface area contributed by atoms with Gasteiger partial charge in [-0.2, -0.15) is 0 Å². The molecule has 0 heterocycles. The molecule has 0 aromatic heterocycles. The normalized spacial score (nSPS) is 32.8. The van der Waals surface area contributed by atoms with E-state index < -0.39 is 0 Å². The second-order valence-corrected chi connectivity index (χ2v) is 8.23. The van der Waals surface area contributed by atoms with Crippen molar-refractivity contribution in [3.05, 3.63) is 24.3 Å². The van der Waals surface area contributed by atoms with Crippen molar-refractivity contribution in [2.45, 2.75) is 97.3 Å². The van der Waals surface area contributed by atoms with Crippen LogP contribution >= 0.6 is 0 Å². The van der Waals surface area contributed by atoms with Crippen molar-refractivity contribution in [3.63, 3.8) is 0 Å². The molecule has 0 aromatic rings. The quantitative estimate of drug-likeness (QED) is 0.402. The van der Waals surface area contributed by atoms with Gasteiger partial charge in [-0.15, -0.1) is 0 Å². The van der Waals surface area contributed by atoms with Gasteiger partial charge >= 0.3 is 0 Å². The molecule has 23 heavy (non-hydrogen) atoms. The molecule has 2 rings (SSSR count). The molecule has 0 unspecified atom stereocenters. The van der Waals surface area contributed by atoms with Crippen LogP contribution in [0.1, 0.15) is 97.3 Å². The lowest BCUT2D eigenvalue weighted by Gasteiger charge is -2.28. The number of rotatable bonds is 8. The molecule has 132 valence electrons. The van der Waals surface area contributed by atoms with Crippen molar-refractivity contribution in [1.29, 1.82) is 0 Å². The van der Waals surface area contributed by atoms with Crippen LogP contribution in [0.25, 0.3) is 0 Å². The van der Waals surface area contributed by atoms with Crippen molar-refractivity contribution in [2.24, 2.45) is 23.7 Å². The molecule has 0 amide bonds. The first kappa shape index (κ1) is 18.8. The van der Waals surface area contributed by atoms with Gasteiger partial charge in [-0.25, -0.2) is 0 Å². The topological polar surface area (TPSA) is 0 Å². The highest BCUT2D eigenvalue weighted by Crippen LogP contribution is 2.34. The summed E-state index contributed by atoms with van der Waals surface area (Å²) in [6, 6.07) is 0. The van der Waals surface area contributed by atoms with Gasteiger partial charge in [-0.05, 0) is 82.0 Å². The van der Waals surface area contributed by atoms with Gasteiger partial charge in [0.2, 0.25) is 0 Å². The number of allylic oxidation sites excluding steroid dienone is 4. The summed E-state index contributed by atoms with van der Waals surface area (Å²) in [6.07, 6.45) is 28.4. The van der Waals surface area contributed by atoms with Crippen molar-refractivity contribution in [2.75, 3.05) is 0 Å². The zero-order chi connectivity index (χ0) is 16.3. The first-order valence-electron chi connectivity index (χ1n) is 10.6. The standard InChI is InChI=1S/C23H40/c1-3-5-6-9-21-16-18-23(19-17-21)11-8-7-10-22-14-12-20(4-2)13-15-22/h3,5,8,11,20-23H,4,6-7,9-10,12-19H2,1-2H3/t20-,21-,22-,23-. The molecule has 2 saturated carbocycles. The van der Waals surface area contributed by atoms with E-state index in [1.807, 2.05) is 0 Å². The van der Waals surface area contributed by atoms with Gasteiger partial charge in [-0.3, -0.25) is 0 Å². The van der Waals surface area contributed by atoms with E-state index in [9.17, 15) is 0 Å². The fourth-order valence-corrected chi connectivity index (χ4v) is 4.72. The van der Waals surface area contributed by atoms with Crippen LogP contribution in [0.4, 0.5) is 0 Å². The van der Waals surface area contributed by atoms with Crippen LogP contribution in [0.3, 0.4) is 0 Å². The third kappa shape index (κ3) is 7.27. The van der Waals surface area contributed by atoms with Crippen molar-refractivity contribution < 1.29 is 0 Å². The summed E-state index contributed by atoms with van der Waals surface area (Å²) in [7, 11) is 0. The highest BCUT2D eigenvalue weighted by molar-refractivity contribution is 4.92. The monoisotopic (exact) mass is 316 g/mol. The molecular weight excluding hydrogens is 276 g/mol. The maximum atomic E-state index is 2.57. The molecule has 2 fully saturated rings. The Labute approximate surface area is 145 Å². The average Bonchev–Trinajstić information content (AvgIpc) is 2.61. The van der Waals surface area contributed by atoms with E-state index in [1.54, 1.807) is 0 Å². The maximum absolute atomic E-state index is 2.57. The zero-order valence-corrected chi connectivity index (χ0v) is 15.8. The van der Waals surface area contributed by atoms with Gasteiger partial charge in [0.05, 0.1) is 0 Å². The Morgan fingerprint density at radius 3 is 1.78 bits per heavy atom. The first-order chi connectivity index (χ1) is 11.3. The van der Waals surface area contributed by atoms with Crippen LogP contribution in [-0.2, 0) is 0 Å². The van der Waals surface area contributed by atoms with E-state index in [4.69, 9.17) is 0 Å². The summed E-state index contributed by atoms with van der Waals surface area (Å²) in [5.41, 5.74) is 0. The lowest BCUT2D eigenvalue weighted by Crippen LogP contribution is -2.14. The van der Waals surface area contributed by atoms with Gasteiger partial charge in [0, 0.05) is 0 Å². The van der Waals surface area contributed by atoms with Crippen molar-refractivity contribution in [3.8, 4) is 0 Å². The smallest absolute Gasteiger partial charge is 0.0233 e. The van der Waals surface area contributed by atoms with Gasteiger partial charge in [0.15, 0.2) is 0 Å². The fraction of sp³-hybridized carbons (Fsp3) is 0.826. The molecule has 2 aliphatic rings. The molecule has 0 radical (unpaired) electrons. The summed E-state index contributed by atoms with van der Waals surface area (Å²) < 4.78 is 0. The predicted octanol–water partition coefficient (Wildman–Crippen LogP) is 7.70. The largest absolute Gasteiger partial charge is 0.0917 e. The Bertz CT molecular complexity index is 335. The van der Waals surface area contributed by atoms with Crippen LogP contribution < -0.4 is 0 Å². The van der Waals surface area contributed by atoms with Gasteiger partial charge in [0.1, 0.15) is 0 Å². The Hall–Kier alpha value is -0.520. The van der Waals surface area contributed by atoms with Crippen LogP contribution in [0.2, 0.25) is 0 Å². The molecule has 0 saturated heterocycles. The number of hydrogen-bond acceptors (Lipinski definition) is 0. The zero-order valence-electron chi connectivity index (χ0n) is 15.8. The fourth-order valence-electron chi connectivity index (χ4n) is 4.72. The van der Waals surface area contributed by atoms with E-state index in [0.29, 0.717) is 0 Å². The highest BCUT2D eigenvalue weighted by atomic mass is 14.3. The lowest BCUT2D eigenvalue weighted by molar-refractivity contribution is 0.259. The molecule has 0 aromatic carbocycles. The van der Waals surface area contributed by atoms with E-state index in [2.05, 4.69) is 38.2 Å².